The molecule has 7 nitrogen and oxygen atoms in total. The van der Waals surface area contributed by atoms with Crippen LogP contribution in [0.25, 0.3) is 0 Å². The first-order chi connectivity index (χ1) is 16.4. The van der Waals surface area contributed by atoms with Crippen molar-refractivity contribution >= 4 is 27.5 Å². The molecule has 35 heavy (non-hydrogen) atoms. The lowest BCUT2D eigenvalue weighted by molar-refractivity contribution is -0.140. The summed E-state index contributed by atoms with van der Waals surface area (Å²) in [6, 6.07) is 12.9. The quantitative estimate of drug-likeness (QED) is 0.474. The average Bonchev–Trinajstić information content (AvgIpc) is 2.80. The van der Waals surface area contributed by atoms with Gasteiger partial charge >= 0.3 is 0 Å². The van der Waals surface area contributed by atoms with E-state index in [1.165, 1.54) is 10.6 Å². The van der Waals surface area contributed by atoms with Gasteiger partial charge in [-0.25, -0.2) is 8.42 Å². The van der Waals surface area contributed by atoms with Gasteiger partial charge in [0, 0.05) is 26.1 Å². The highest BCUT2D eigenvalue weighted by Crippen LogP contribution is 2.24. The molecule has 0 aliphatic heterocycles. The van der Waals surface area contributed by atoms with Crippen molar-refractivity contribution in [2.75, 3.05) is 23.7 Å². The molecule has 0 bridgehead atoms. The summed E-state index contributed by atoms with van der Waals surface area (Å²) in [5.74, 6) is -0.375. The second kappa shape index (κ2) is 12.7. The molecule has 2 amide bonds. The topological polar surface area (TPSA) is 86.8 Å². The monoisotopic (exact) mass is 501 g/mol. The number of benzene rings is 2. The van der Waals surface area contributed by atoms with Gasteiger partial charge in [0.25, 0.3) is 0 Å². The van der Waals surface area contributed by atoms with Crippen LogP contribution in [0.5, 0.6) is 0 Å². The molecular formula is C27H39N3O4S. The molecule has 2 rings (SSSR count). The predicted molar refractivity (Wildman–Crippen MR) is 142 cm³/mol. The fourth-order valence-corrected chi connectivity index (χ4v) is 4.85. The number of sulfonamides is 1. The highest BCUT2D eigenvalue weighted by atomic mass is 32.2. The van der Waals surface area contributed by atoms with Crippen LogP contribution in [0.1, 0.15) is 55.4 Å². The van der Waals surface area contributed by atoms with E-state index >= 15 is 0 Å². The van der Waals surface area contributed by atoms with Gasteiger partial charge in [-0.15, -0.1) is 0 Å². The van der Waals surface area contributed by atoms with Crippen LogP contribution in [-0.4, -0.2) is 50.5 Å². The van der Waals surface area contributed by atoms with Gasteiger partial charge in [0.1, 0.15) is 6.04 Å². The number of hydrogen-bond acceptors (Lipinski definition) is 4. The SMILES string of the molecule is CCCNC(=O)[C@@H](C)N(Cc1ccc(C)cc1)C(=O)CCCN(c1cc(C)ccc1C)S(C)(=O)=O. The molecular weight excluding hydrogens is 462 g/mol. The van der Waals surface area contributed by atoms with Gasteiger partial charge in [-0.3, -0.25) is 13.9 Å². The van der Waals surface area contributed by atoms with Crippen LogP contribution in [0.15, 0.2) is 42.5 Å². The Morgan fingerprint density at radius 1 is 1.00 bits per heavy atom. The zero-order valence-corrected chi connectivity index (χ0v) is 22.6. The summed E-state index contributed by atoms with van der Waals surface area (Å²) in [6.45, 7) is 10.5. The molecule has 0 unspecified atom stereocenters. The summed E-state index contributed by atoms with van der Waals surface area (Å²) < 4.78 is 26.5. The smallest absolute Gasteiger partial charge is 0.242 e. The van der Waals surface area contributed by atoms with E-state index in [0.717, 1.165) is 28.7 Å². The van der Waals surface area contributed by atoms with E-state index in [1.807, 2.05) is 70.2 Å². The third-order valence-electron chi connectivity index (χ3n) is 5.98. The number of nitrogens with one attached hydrogen (secondary N) is 1. The van der Waals surface area contributed by atoms with Crippen molar-refractivity contribution in [3.8, 4) is 0 Å². The predicted octanol–water partition coefficient (Wildman–Crippen LogP) is 4.10. The van der Waals surface area contributed by atoms with Crippen LogP contribution in [0.4, 0.5) is 5.69 Å². The minimum Gasteiger partial charge on any atom is -0.354 e. The number of anilines is 1. The molecule has 0 spiro atoms. The van der Waals surface area contributed by atoms with Crippen molar-refractivity contribution in [1.82, 2.24) is 10.2 Å². The van der Waals surface area contributed by atoms with Crippen molar-refractivity contribution in [1.29, 1.82) is 0 Å². The zero-order chi connectivity index (χ0) is 26.2. The number of amides is 2. The summed E-state index contributed by atoms with van der Waals surface area (Å²) in [5.41, 5.74) is 4.50. The average molecular weight is 502 g/mol. The Labute approximate surface area is 210 Å². The van der Waals surface area contributed by atoms with Crippen LogP contribution in [-0.2, 0) is 26.2 Å². The Morgan fingerprint density at radius 2 is 1.63 bits per heavy atom. The van der Waals surface area contributed by atoms with E-state index in [0.29, 0.717) is 25.2 Å². The van der Waals surface area contributed by atoms with Crippen molar-refractivity contribution in [2.24, 2.45) is 0 Å². The first-order valence-electron chi connectivity index (χ1n) is 12.1. The van der Waals surface area contributed by atoms with Crippen LogP contribution in [0, 0.1) is 20.8 Å². The van der Waals surface area contributed by atoms with Gasteiger partial charge < -0.3 is 10.2 Å². The van der Waals surface area contributed by atoms with Gasteiger partial charge in [-0.2, -0.15) is 0 Å². The van der Waals surface area contributed by atoms with E-state index in [-0.39, 0.29) is 24.8 Å². The minimum absolute atomic E-state index is 0.133. The number of carbonyl (C=O) groups is 2. The van der Waals surface area contributed by atoms with Crippen LogP contribution >= 0.6 is 0 Å². The van der Waals surface area contributed by atoms with Crippen LogP contribution in [0.3, 0.4) is 0 Å². The maximum atomic E-state index is 13.3. The minimum atomic E-state index is -3.52. The van der Waals surface area contributed by atoms with Gasteiger partial charge in [0.15, 0.2) is 0 Å². The molecule has 8 heteroatoms. The Kier molecular flexibility index (Phi) is 10.3. The van der Waals surface area contributed by atoms with E-state index in [4.69, 9.17) is 0 Å². The molecule has 192 valence electrons. The summed E-state index contributed by atoms with van der Waals surface area (Å²) in [4.78, 5) is 27.6. The molecule has 1 N–H and O–H groups in total. The van der Waals surface area contributed by atoms with Crippen LogP contribution < -0.4 is 9.62 Å². The molecule has 0 aliphatic carbocycles. The Bertz CT molecular complexity index is 1110. The lowest BCUT2D eigenvalue weighted by Gasteiger charge is -2.29. The van der Waals surface area contributed by atoms with E-state index in [2.05, 4.69) is 5.32 Å². The molecule has 2 aromatic carbocycles. The zero-order valence-electron chi connectivity index (χ0n) is 21.8. The molecule has 0 aliphatic rings. The second-order valence-corrected chi connectivity index (χ2v) is 11.1. The summed E-state index contributed by atoms with van der Waals surface area (Å²) in [6.07, 6.45) is 2.46. The highest BCUT2D eigenvalue weighted by molar-refractivity contribution is 7.92. The van der Waals surface area contributed by atoms with E-state index < -0.39 is 16.1 Å². The van der Waals surface area contributed by atoms with E-state index in [9.17, 15) is 18.0 Å². The Morgan fingerprint density at radius 3 is 2.23 bits per heavy atom. The third-order valence-corrected chi connectivity index (χ3v) is 7.16. The van der Waals surface area contributed by atoms with Gasteiger partial charge in [0.05, 0.1) is 11.9 Å². The fraction of sp³-hybridized carbons (Fsp3) is 0.481. The molecule has 1 atom stereocenters. The first kappa shape index (κ1) is 28.4. The maximum Gasteiger partial charge on any atom is 0.242 e. The van der Waals surface area contributed by atoms with Gasteiger partial charge in [-0.1, -0.05) is 48.9 Å². The molecule has 0 heterocycles. The Hall–Kier alpha value is -2.87. The number of nitrogens with zero attached hydrogens (tertiary/aromatic N) is 2. The fourth-order valence-electron chi connectivity index (χ4n) is 3.84. The Balaban J connectivity index is 2.18. The normalized spacial score (nSPS) is 12.2. The van der Waals surface area contributed by atoms with Gasteiger partial charge in [-0.05, 0) is 63.3 Å². The van der Waals surface area contributed by atoms with Crippen molar-refractivity contribution in [3.05, 3.63) is 64.7 Å². The molecule has 0 saturated carbocycles. The number of hydrogen-bond donors (Lipinski definition) is 1. The maximum absolute atomic E-state index is 13.3. The lowest BCUT2D eigenvalue weighted by Crippen LogP contribution is -2.47. The van der Waals surface area contributed by atoms with Crippen molar-refractivity contribution in [2.45, 2.75) is 66.5 Å². The number of aryl methyl sites for hydroxylation is 3. The standard InChI is InChI=1S/C27H39N3O4S/c1-7-16-28-27(32)23(5)29(19-24-14-11-20(2)12-15-24)26(31)9-8-17-30(35(6,33)34)25-18-21(3)10-13-22(25)4/h10-15,18,23H,7-9,16-17,19H2,1-6H3,(H,28,32)/t23-/m1/s1. The lowest BCUT2D eigenvalue weighted by atomic mass is 10.1. The van der Waals surface area contributed by atoms with Gasteiger partial charge in [0.2, 0.25) is 21.8 Å². The number of carbonyl (C=O) groups excluding carboxylic acids is 2. The summed E-state index contributed by atoms with van der Waals surface area (Å²) >= 11 is 0. The van der Waals surface area contributed by atoms with E-state index in [1.54, 1.807) is 11.8 Å². The van der Waals surface area contributed by atoms with Crippen molar-refractivity contribution in [3.63, 3.8) is 0 Å². The molecule has 0 saturated heterocycles. The largest absolute Gasteiger partial charge is 0.354 e. The van der Waals surface area contributed by atoms with Crippen LogP contribution in [0.2, 0.25) is 0 Å². The van der Waals surface area contributed by atoms with Crippen molar-refractivity contribution < 1.29 is 18.0 Å². The first-order valence-corrected chi connectivity index (χ1v) is 14.0. The molecule has 0 aromatic heterocycles. The second-order valence-electron chi connectivity index (χ2n) is 9.20. The third kappa shape index (κ3) is 8.38. The summed E-state index contributed by atoms with van der Waals surface area (Å²) in [5, 5.41) is 2.87. The molecule has 2 aromatic rings. The molecule has 0 radical (unpaired) electrons. The number of rotatable bonds is 12. The summed E-state index contributed by atoms with van der Waals surface area (Å²) in [7, 11) is -3.52. The molecule has 0 fully saturated rings. The highest BCUT2D eigenvalue weighted by Gasteiger charge is 2.26.